The van der Waals surface area contributed by atoms with Gasteiger partial charge in [0, 0.05) is 18.8 Å². The van der Waals surface area contributed by atoms with E-state index in [2.05, 4.69) is 24.5 Å². The molecule has 5 nitrogen and oxygen atoms in total. The Bertz CT molecular complexity index is 588. The van der Waals surface area contributed by atoms with Crippen LogP contribution in [0.1, 0.15) is 26.7 Å². The van der Waals surface area contributed by atoms with Crippen LogP contribution in [0.25, 0.3) is 0 Å². The van der Waals surface area contributed by atoms with Gasteiger partial charge in [-0.3, -0.25) is 4.31 Å². The molecule has 0 spiro atoms. The number of rotatable bonds is 6. The molecule has 0 bridgehead atoms. The van der Waals surface area contributed by atoms with Gasteiger partial charge in [-0.1, -0.05) is 19.4 Å². The molecule has 0 aliphatic carbocycles. The van der Waals surface area contributed by atoms with Crippen molar-refractivity contribution in [3.8, 4) is 0 Å². The van der Waals surface area contributed by atoms with Crippen LogP contribution in [0.2, 0.25) is 0 Å². The minimum Gasteiger partial charge on any atom is -0.360 e. The summed E-state index contributed by atoms with van der Waals surface area (Å²) in [6.07, 6.45) is 3.30. The van der Waals surface area contributed by atoms with Gasteiger partial charge in [-0.2, -0.15) is 0 Å². The lowest BCUT2D eigenvalue weighted by molar-refractivity contribution is 0.599. The Labute approximate surface area is 132 Å². The van der Waals surface area contributed by atoms with Gasteiger partial charge in [-0.15, -0.1) is 0 Å². The molecular weight excluding hydrogens is 306 g/mol. The second-order valence-corrected chi connectivity index (χ2v) is 7.49. The van der Waals surface area contributed by atoms with Crippen molar-refractivity contribution >= 4 is 38.7 Å². The first-order valence-corrected chi connectivity index (χ1v) is 9.11. The third kappa shape index (κ3) is 5.89. The standard InChI is InChI=1S/C14H23N3O2S2/c1-5-7-11(2)15-14(20)16-12-8-6-9-13(10-12)17(3)21(4,18)19/h6,8-11H,5,7H2,1-4H3,(H2,15,16,20)/t11-/m0/s1. The van der Waals surface area contributed by atoms with Crippen molar-refractivity contribution in [3.63, 3.8) is 0 Å². The van der Waals surface area contributed by atoms with E-state index in [0.717, 1.165) is 18.5 Å². The molecule has 0 saturated carbocycles. The maximum atomic E-state index is 11.5. The minimum atomic E-state index is -3.27. The molecule has 0 aliphatic heterocycles. The summed E-state index contributed by atoms with van der Waals surface area (Å²) >= 11 is 5.25. The number of sulfonamides is 1. The van der Waals surface area contributed by atoms with E-state index in [-0.39, 0.29) is 0 Å². The molecule has 0 aromatic heterocycles. The summed E-state index contributed by atoms with van der Waals surface area (Å²) in [4.78, 5) is 0. The van der Waals surface area contributed by atoms with Gasteiger partial charge in [-0.25, -0.2) is 8.42 Å². The Balaban J connectivity index is 2.75. The molecule has 0 fully saturated rings. The van der Waals surface area contributed by atoms with Gasteiger partial charge in [0.25, 0.3) is 0 Å². The lowest BCUT2D eigenvalue weighted by Crippen LogP contribution is -2.35. The fourth-order valence-electron chi connectivity index (χ4n) is 1.87. The molecule has 1 aromatic rings. The Morgan fingerprint density at radius 1 is 1.43 bits per heavy atom. The van der Waals surface area contributed by atoms with Crippen LogP contribution in [0.15, 0.2) is 24.3 Å². The summed E-state index contributed by atoms with van der Waals surface area (Å²) in [6, 6.07) is 7.43. The van der Waals surface area contributed by atoms with Gasteiger partial charge in [0.1, 0.15) is 0 Å². The van der Waals surface area contributed by atoms with Gasteiger partial charge in [-0.05, 0) is 43.8 Å². The smallest absolute Gasteiger partial charge is 0.231 e. The predicted octanol–water partition coefficient (Wildman–Crippen LogP) is 2.56. The Morgan fingerprint density at radius 3 is 2.67 bits per heavy atom. The first-order chi connectivity index (χ1) is 9.74. The fraction of sp³-hybridized carbons (Fsp3) is 0.500. The highest BCUT2D eigenvalue weighted by molar-refractivity contribution is 7.92. The third-order valence-corrected chi connectivity index (χ3v) is 4.49. The number of nitrogens with one attached hydrogen (secondary N) is 2. The van der Waals surface area contributed by atoms with E-state index >= 15 is 0 Å². The normalized spacial score (nSPS) is 12.6. The molecule has 2 N–H and O–H groups in total. The molecule has 1 atom stereocenters. The molecule has 0 amide bonds. The molecule has 0 saturated heterocycles. The van der Waals surface area contributed by atoms with Crippen LogP contribution >= 0.6 is 12.2 Å². The first kappa shape index (κ1) is 17.7. The summed E-state index contributed by atoms with van der Waals surface area (Å²) in [7, 11) is -1.75. The maximum Gasteiger partial charge on any atom is 0.231 e. The number of thiocarbonyl (C=S) groups is 1. The number of hydrogen-bond acceptors (Lipinski definition) is 3. The van der Waals surface area contributed by atoms with Crippen molar-refractivity contribution in [1.29, 1.82) is 0 Å². The van der Waals surface area contributed by atoms with Crippen LogP contribution in [0.5, 0.6) is 0 Å². The average molecular weight is 329 g/mol. The van der Waals surface area contributed by atoms with Gasteiger partial charge in [0.05, 0.1) is 11.9 Å². The summed E-state index contributed by atoms with van der Waals surface area (Å²) in [6.45, 7) is 4.20. The summed E-state index contributed by atoms with van der Waals surface area (Å²) in [5, 5.41) is 6.81. The summed E-state index contributed by atoms with van der Waals surface area (Å²) in [5.41, 5.74) is 1.34. The number of anilines is 2. The molecule has 1 rings (SSSR count). The number of hydrogen-bond donors (Lipinski definition) is 2. The first-order valence-electron chi connectivity index (χ1n) is 6.85. The number of nitrogens with zero attached hydrogens (tertiary/aromatic N) is 1. The lowest BCUT2D eigenvalue weighted by Gasteiger charge is -2.19. The van der Waals surface area contributed by atoms with E-state index in [1.54, 1.807) is 18.2 Å². The van der Waals surface area contributed by atoms with Crippen molar-refractivity contribution in [2.75, 3.05) is 22.9 Å². The monoisotopic (exact) mass is 329 g/mol. The quantitative estimate of drug-likeness (QED) is 0.786. The largest absolute Gasteiger partial charge is 0.360 e. The van der Waals surface area contributed by atoms with Gasteiger partial charge < -0.3 is 10.6 Å². The van der Waals surface area contributed by atoms with Crippen LogP contribution in [-0.2, 0) is 10.0 Å². The second kappa shape index (κ2) is 7.61. The highest BCUT2D eigenvalue weighted by atomic mass is 32.2. The third-order valence-electron chi connectivity index (χ3n) is 3.06. The van der Waals surface area contributed by atoms with Gasteiger partial charge in [0.2, 0.25) is 10.0 Å². The maximum absolute atomic E-state index is 11.5. The van der Waals surface area contributed by atoms with Crippen LogP contribution in [0.3, 0.4) is 0 Å². The zero-order valence-corrected chi connectivity index (χ0v) is 14.5. The van der Waals surface area contributed by atoms with Crippen molar-refractivity contribution in [2.24, 2.45) is 0 Å². The molecule has 0 radical (unpaired) electrons. The van der Waals surface area contributed by atoms with E-state index < -0.39 is 10.0 Å². The van der Waals surface area contributed by atoms with Crippen LogP contribution in [0.4, 0.5) is 11.4 Å². The molecule has 21 heavy (non-hydrogen) atoms. The number of benzene rings is 1. The van der Waals surface area contributed by atoms with Crippen LogP contribution in [-0.4, -0.2) is 32.9 Å². The van der Waals surface area contributed by atoms with E-state index in [4.69, 9.17) is 12.2 Å². The Kier molecular flexibility index (Phi) is 6.42. The molecular formula is C14H23N3O2S2. The topological polar surface area (TPSA) is 61.4 Å². The highest BCUT2D eigenvalue weighted by Crippen LogP contribution is 2.20. The zero-order valence-electron chi connectivity index (χ0n) is 12.9. The molecule has 7 heteroatoms. The fourth-order valence-corrected chi connectivity index (χ4v) is 2.68. The Hall–Kier alpha value is -1.34. The molecule has 0 heterocycles. The zero-order chi connectivity index (χ0) is 16.0. The summed E-state index contributed by atoms with van der Waals surface area (Å²) < 4.78 is 24.3. The lowest BCUT2D eigenvalue weighted by atomic mass is 10.2. The average Bonchev–Trinajstić information content (AvgIpc) is 2.37. The second-order valence-electron chi connectivity index (χ2n) is 5.07. The van der Waals surface area contributed by atoms with Crippen molar-refractivity contribution in [3.05, 3.63) is 24.3 Å². The van der Waals surface area contributed by atoms with E-state index in [1.807, 2.05) is 6.07 Å². The van der Waals surface area contributed by atoms with Gasteiger partial charge >= 0.3 is 0 Å². The molecule has 1 aromatic carbocycles. The molecule has 0 unspecified atom stereocenters. The highest BCUT2D eigenvalue weighted by Gasteiger charge is 2.12. The molecule has 118 valence electrons. The van der Waals surface area contributed by atoms with Crippen LogP contribution in [0, 0.1) is 0 Å². The molecule has 0 aliphatic rings. The van der Waals surface area contributed by atoms with Crippen molar-refractivity contribution in [2.45, 2.75) is 32.7 Å². The van der Waals surface area contributed by atoms with Crippen molar-refractivity contribution < 1.29 is 8.42 Å². The predicted molar refractivity (Wildman–Crippen MR) is 93.4 cm³/mol. The summed E-state index contributed by atoms with van der Waals surface area (Å²) in [5.74, 6) is 0. The van der Waals surface area contributed by atoms with Crippen molar-refractivity contribution in [1.82, 2.24) is 5.32 Å². The van der Waals surface area contributed by atoms with E-state index in [1.165, 1.54) is 17.6 Å². The SMILES string of the molecule is CCC[C@H](C)NC(=S)Nc1cccc(N(C)S(C)(=O)=O)c1. The van der Waals surface area contributed by atoms with Gasteiger partial charge in [0.15, 0.2) is 5.11 Å². The van der Waals surface area contributed by atoms with E-state index in [9.17, 15) is 8.42 Å². The van der Waals surface area contributed by atoms with Crippen LogP contribution < -0.4 is 14.9 Å². The Morgan fingerprint density at radius 2 is 2.10 bits per heavy atom. The van der Waals surface area contributed by atoms with E-state index in [0.29, 0.717) is 16.8 Å². The minimum absolute atomic E-state index is 0.303.